The van der Waals surface area contributed by atoms with Crippen molar-refractivity contribution in [1.82, 2.24) is 10.3 Å². The predicted octanol–water partition coefficient (Wildman–Crippen LogP) is 1.58. The number of halogens is 1. The van der Waals surface area contributed by atoms with Crippen molar-refractivity contribution in [2.45, 2.75) is 12.5 Å². The molecule has 2 rings (SSSR count). The second kappa shape index (κ2) is 4.07. The Balaban J connectivity index is 1.89. The maximum atomic E-state index is 5.57. The van der Waals surface area contributed by atoms with E-state index in [1.165, 1.54) is 6.42 Å². The van der Waals surface area contributed by atoms with Gasteiger partial charge in [-0.15, -0.1) is 0 Å². The summed E-state index contributed by atoms with van der Waals surface area (Å²) in [6.45, 7) is 1.84. The summed E-state index contributed by atoms with van der Waals surface area (Å²) in [6.07, 6.45) is 2.94. The summed E-state index contributed by atoms with van der Waals surface area (Å²) in [5.41, 5.74) is 0. The number of nitrogens with zero attached hydrogens (tertiary/aromatic N) is 1. The van der Waals surface area contributed by atoms with Crippen LogP contribution < -0.4 is 10.1 Å². The predicted molar refractivity (Wildman–Crippen MR) is 53.8 cm³/mol. The van der Waals surface area contributed by atoms with Crippen molar-refractivity contribution in [1.29, 1.82) is 0 Å². The van der Waals surface area contributed by atoms with Gasteiger partial charge >= 0.3 is 0 Å². The van der Waals surface area contributed by atoms with E-state index in [4.69, 9.17) is 4.74 Å². The highest BCUT2D eigenvalue weighted by molar-refractivity contribution is 9.10. The molecular weight excluding hydrogens is 232 g/mol. The van der Waals surface area contributed by atoms with Crippen LogP contribution in [0.2, 0.25) is 0 Å². The normalized spacial score (nSPS) is 20.8. The van der Waals surface area contributed by atoms with Crippen molar-refractivity contribution in [3.63, 3.8) is 0 Å². The summed E-state index contributed by atoms with van der Waals surface area (Å²) in [4.78, 5) is 4.07. The van der Waals surface area contributed by atoms with Crippen molar-refractivity contribution in [2.24, 2.45) is 0 Å². The highest BCUT2D eigenvalue weighted by Crippen LogP contribution is 2.21. The minimum absolute atomic E-state index is 0.520. The van der Waals surface area contributed by atoms with Crippen molar-refractivity contribution in [3.8, 4) is 5.75 Å². The zero-order valence-electron chi connectivity index (χ0n) is 7.16. The number of hydrogen-bond acceptors (Lipinski definition) is 3. The monoisotopic (exact) mass is 242 g/mol. The Bertz CT molecular complexity index is 289. The lowest BCUT2D eigenvalue weighted by atomic mass is 10.1. The van der Waals surface area contributed by atoms with Gasteiger partial charge in [0, 0.05) is 12.2 Å². The Morgan fingerprint density at radius 3 is 3.15 bits per heavy atom. The first kappa shape index (κ1) is 8.97. The first-order valence-corrected chi connectivity index (χ1v) is 5.12. The van der Waals surface area contributed by atoms with Gasteiger partial charge in [0.05, 0.1) is 0 Å². The summed E-state index contributed by atoms with van der Waals surface area (Å²) < 4.78 is 6.34. The number of hydrogen-bond donors (Lipinski definition) is 1. The fraction of sp³-hybridized carbons (Fsp3) is 0.444. The van der Waals surface area contributed by atoms with Gasteiger partial charge in [-0.1, -0.05) is 0 Å². The number of rotatable bonds is 3. The Morgan fingerprint density at radius 1 is 1.69 bits per heavy atom. The van der Waals surface area contributed by atoms with Gasteiger partial charge < -0.3 is 10.1 Å². The maximum absolute atomic E-state index is 5.57. The highest BCUT2D eigenvalue weighted by Gasteiger charge is 2.16. The molecule has 1 atom stereocenters. The van der Waals surface area contributed by atoms with Crippen molar-refractivity contribution in [3.05, 3.63) is 22.9 Å². The Kier molecular flexibility index (Phi) is 2.80. The summed E-state index contributed by atoms with van der Waals surface area (Å²) in [5.74, 6) is 0.816. The Morgan fingerprint density at radius 2 is 2.54 bits per heavy atom. The number of aromatic nitrogens is 1. The van der Waals surface area contributed by atoms with E-state index in [0.717, 1.165) is 23.5 Å². The van der Waals surface area contributed by atoms with E-state index < -0.39 is 0 Å². The molecule has 1 aromatic heterocycles. The molecule has 0 bridgehead atoms. The van der Waals surface area contributed by atoms with Crippen molar-refractivity contribution < 1.29 is 4.74 Å². The molecule has 0 amide bonds. The summed E-state index contributed by atoms with van der Waals surface area (Å²) in [7, 11) is 0. The van der Waals surface area contributed by atoms with Crippen LogP contribution in [0.4, 0.5) is 0 Å². The second-order valence-electron chi connectivity index (χ2n) is 3.04. The van der Waals surface area contributed by atoms with Crippen LogP contribution in [-0.4, -0.2) is 24.2 Å². The molecule has 3 nitrogen and oxygen atoms in total. The molecule has 70 valence electrons. The van der Waals surface area contributed by atoms with E-state index in [2.05, 4.69) is 26.2 Å². The topological polar surface area (TPSA) is 34.1 Å². The van der Waals surface area contributed by atoms with Gasteiger partial charge in [0.25, 0.3) is 0 Å². The number of ether oxygens (including phenoxy) is 1. The lowest BCUT2D eigenvalue weighted by Gasteiger charge is -2.27. The van der Waals surface area contributed by atoms with Gasteiger partial charge in [-0.25, -0.2) is 4.98 Å². The molecule has 4 heteroatoms. The third kappa shape index (κ3) is 2.19. The second-order valence-corrected chi connectivity index (χ2v) is 3.79. The molecule has 0 unspecified atom stereocenters. The van der Waals surface area contributed by atoms with Crippen LogP contribution in [0.1, 0.15) is 6.42 Å². The molecule has 2 heterocycles. The fourth-order valence-corrected chi connectivity index (χ4v) is 1.52. The molecule has 1 aliphatic rings. The van der Waals surface area contributed by atoms with Crippen LogP contribution >= 0.6 is 15.9 Å². The molecule has 0 aromatic carbocycles. The van der Waals surface area contributed by atoms with Crippen LogP contribution in [-0.2, 0) is 0 Å². The van der Waals surface area contributed by atoms with E-state index in [-0.39, 0.29) is 0 Å². The first-order chi connectivity index (χ1) is 6.36. The van der Waals surface area contributed by atoms with Gasteiger partial charge in [-0.3, -0.25) is 0 Å². The number of pyridine rings is 1. The minimum atomic E-state index is 0.520. The fourth-order valence-electron chi connectivity index (χ4n) is 1.16. The maximum Gasteiger partial charge on any atom is 0.152 e. The SMILES string of the molecule is Brc1ncccc1OC[C@@H]1CCN1. The van der Waals surface area contributed by atoms with E-state index >= 15 is 0 Å². The average Bonchev–Trinajstić information content (AvgIpc) is 2.05. The lowest BCUT2D eigenvalue weighted by Crippen LogP contribution is -2.46. The first-order valence-electron chi connectivity index (χ1n) is 4.33. The van der Waals surface area contributed by atoms with Gasteiger partial charge in [0.1, 0.15) is 11.2 Å². The third-order valence-corrected chi connectivity index (χ3v) is 2.69. The van der Waals surface area contributed by atoms with Crippen LogP contribution in [0.25, 0.3) is 0 Å². The molecule has 1 N–H and O–H groups in total. The van der Waals surface area contributed by atoms with Crippen molar-refractivity contribution in [2.75, 3.05) is 13.2 Å². The average molecular weight is 243 g/mol. The van der Waals surface area contributed by atoms with Crippen LogP contribution in [0.5, 0.6) is 5.75 Å². The standard InChI is InChI=1S/C9H11BrN2O/c10-9-8(2-1-4-12-9)13-6-7-3-5-11-7/h1-2,4,7,11H,3,5-6H2/t7-/m0/s1. The third-order valence-electron chi connectivity index (χ3n) is 2.09. The molecule has 0 spiro atoms. The molecule has 1 saturated heterocycles. The number of nitrogens with one attached hydrogen (secondary N) is 1. The molecule has 0 saturated carbocycles. The quantitative estimate of drug-likeness (QED) is 0.818. The molecule has 13 heavy (non-hydrogen) atoms. The molecular formula is C9H11BrN2O. The largest absolute Gasteiger partial charge is 0.489 e. The van der Waals surface area contributed by atoms with E-state index in [0.29, 0.717) is 6.04 Å². The van der Waals surface area contributed by atoms with Gasteiger partial charge in [-0.2, -0.15) is 0 Å². The van der Waals surface area contributed by atoms with Gasteiger partial charge in [0.15, 0.2) is 5.75 Å². The zero-order valence-corrected chi connectivity index (χ0v) is 8.75. The molecule has 1 aliphatic heterocycles. The zero-order chi connectivity index (χ0) is 9.10. The Labute approximate surface area is 85.6 Å². The van der Waals surface area contributed by atoms with E-state index in [1.807, 2.05) is 12.1 Å². The lowest BCUT2D eigenvalue weighted by molar-refractivity contribution is 0.216. The smallest absolute Gasteiger partial charge is 0.152 e. The van der Waals surface area contributed by atoms with E-state index in [9.17, 15) is 0 Å². The van der Waals surface area contributed by atoms with Crippen LogP contribution in [0.15, 0.2) is 22.9 Å². The summed E-state index contributed by atoms with van der Waals surface area (Å²) >= 11 is 3.33. The molecule has 1 aromatic rings. The van der Waals surface area contributed by atoms with Gasteiger partial charge in [-0.05, 0) is 41.0 Å². The van der Waals surface area contributed by atoms with Gasteiger partial charge in [0.2, 0.25) is 0 Å². The molecule has 1 fully saturated rings. The van der Waals surface area contributed by atoms with Crippen molar-refractivity contribution >= 4 is 15.9 Å². The highest BCUT2D eigenvalue weighted by atomic mass is 79.9. The molecule has 0 aliphatic carbocycles. The minimum Gasteiger partial charge on any atom is -0.489 e. The Hall–Kier alpha value is -0.610. The summed E-state index contributed by atoms with van der Waals surface area (Å²) in [6, 6.07) is 4.30. The van der Waals surface area contributed by atoms with Crippen LogP contribution in [0.3, 0.4) is 0 Å². The van der Waals surface area contributed by atoms with E-state index in [1.54, 1.807) is 6.20 Å². The van der Waals surface area contributed by atoms with Crippen LogP contribution in [0, 0.1) is 0 Å². The molecule has 0 radical (unpaired) electrons. The summed E-state index contributed by atoms with van der Waals surface area (Å²) in [5, 5.41) is 3.27.